The van der Waals surface area contributed by atoms with Gasteiger partial charge >= 0.3 is 0 Å². The van der Waals surface area contributed by atoms with Crippen LogP contribution in [0.25, 0.3) is 11.1 Å². The largest absolute Gasteiger partial charge is 0.404 e. The number of rotatable bonds is 7. The number of nitrogens with zero attached hydrogens (tertiary/aromatic N) is 3. The van der Waals surface area contributed by atoms with Gasteiger partial charge in [0.15, 0.2) is 0 Å². The van der Waals surface area contributed by atoms with Crippen molar-refractivity contribution in [2.24, 2.45) is 23.1 Å². The Bertz CT molecular complexity index is 1010. The van der Waals surface area contributed by atoms with Gasteiger partial charge in [0.05, 0.1) is 17.6 Å². The molecule has 1 fully saturated rings. The van der Waals surface area contributed by atoms with E-state index in [1.54, 1.807) is 26.1 Å². The highest BCUT2D eigenvalue weighted by Gasteiger charge is 2.28. The van der Waals surface area contributed by atoms with Gasteiger partial charge in [0, 0.05) is 72.6 Å². The summed E-state index contributed by atoms with van der Waals surface area (Å²) in [6, 6.07) is 5.94. The lowest BCUT2D eigenvalue weighted by atomic mass is 9.89. The van der Waals surface area contributed by atoms with Crippen LogP contribution in [-0.2, 0) is 0 Å². The minimum atomic E-state index is 0.0341. The van der Waals surface area contributed by atoms with E-state index in [0.29, 0.717) is 65.4 Å². The van der Waals surface area contributed by atoms with Gasteiger partial charge in [-0.25, -0.2) is 0 Å². The van der Waals surface area contributed by atoms with Crippen LogP contribution in [0.3, 0.4) is 0 Å². The molecule has 0 unspecified atom stereocenters. The summed E-state index contributed by atoms with van der Waals surface area (Å²) in [5.74, 6) is 0.447. The molecule has 9 nitrogen and oxygen atoms in total. The van der Waals surface area contributed by atoms with Crippen molar-refractivity contribution in [2.45, 2.75) is 19.8 Å². The van der Waals surface area contributed by atoms with Crippen molar-refractivity contribution in [2.75, 3.05) is 25.0 Å². The molecule has 0 aromatic heterocycles. The van der Waals surface area contributed by atoms with E-state index in [1.165, 1.54) is 17.3 Å². The van der Waals surface area contributed by atoms with Crippen molar-refractivity contribution in [3.8, 4) is 6.07 Å². The summed E-state index contributed by atoms with van der Waals surface area (Å²) < 4.78 is 0. The summed E-state index contributed by atoms with van der Waals surface area (Å²) in [6.07, 6.45) is 8.24. The number of amidine groups is 1. The third-order valence-corrected chi connectivity index (χ3v) is 5.58. The van der Waals surface area contributed by atoms with Crippen molar-refractivity contribution in [3.05, 3.63) is 53.0 Å². The van der Waals surface area contributed by atoms with Crippen molar-refractivity contribution in [3.63, 3.8) is 0 Å². The highest BCUT2D eigenvalue weighted by atomic mass is 15.2. The molecule has 1 aliphatic rings. The maximum absolute atomic E-state index is 10.1. The molecule has 1 saturated heterocycles. The van der Waals surface area contributed by atoms with Gasteiger partial charge in [-0.15, -0.1) is 0 Å². The third kappa shape index (κ3) is 4.98. The Hall–Kier alpha value is -4.06. The average molecular weight is 434 g/mol. The summed E-state index contributed by atoms with van der Waals surface area (Å²) in [5.41, 5.74) is 21.7. The van der Waals surface area contributed by atoms with Crippen LogP contribution in [0.5, 0.6) is 0 Å². The minimum Gasteiger partial charge on any atom is -0.404 e. The minimum absolute atomic E-state index is 0.0341. The van der Waals surface area contributed by atoms with Crippen molar-refractivity contribution >= 4 is 35.2 Å². The molecule has 0 bridgehead atoms. The molecule has 0 spiro atoms. The molecule has 9 N–H and O–H groups in total. The molecule has 1 aromatic carbocycles. The number of hydrogen-bond acceptors (Lipinski definition) is 8. The van der Waals surface area contributed by atoms with Gasteiger partial charge in [0.25, 0.3) is 0 Å². The van der Waals surface area contributed by atoms with Gasteiger partial charge in [0.2, 0.25) is 0 Å². The number of nitriles is 1. The molecule has 32 heavy (non-hydrogen) atoms. The highest BCUT2D eigenvalue weighted by molar-refractivity contribution is 6.10. The van der Waals surface area contributed by atoms with Gasteiger partial charge in [-0.3, -0.25) is 10.8 Å². The molecular weight excluding hydrogens is 402 g/mol. The zero-order valence-electron chi connectivity index (χ0n) is 18.5. The maximum atomic E-state index is 10.1. The number of benzene rings is 1. The fourth-order valence-electron chi connectivity index (χ4n) is 3.92. The molecule has 0 aliphatic carbocycles. The first-order chi connectivity index (χ1) is 15.3. The molecule has 1 aromatic rings. The Kier molecular flexibility index (Phi) is 8.18. The molecule has 9 heteroatoms. The Morgan fingerprint density at radius 1 is 1.16 bits per heavy atom. The number of piperidine rings is 1. The van der Waals surface area contributed by atoms with E-state index in [0.717, 1.165) is 18.1 Å². The Morgan fingerprint density at radius 3 is 2.22 bits per heavy atom. The van der Waals surface area contributed by atoms with E-state index < -0.39 is 0 Å². The van der Waals surface area contributed by atoms with Crippen LogP contribution in [0.15, 0.2) is 36.3 Å². The lowest BCUT2D eigenvalue weighted by Crippen LogP contribution is -2.41. The second-order valence-corrected chi connectivity index (χ2v) is 7.66. The van der Waals surface area contributed by atoms with E-state index in [2.05, 4.69) is 11.0 Å². The fraction of sp³-hybridized carbons (Fsp3) is 0.304. The number of hydrogen-bond donors (Lipinski definition) is 6. The summed E-state index contributed by atoms with van der Waals surface area (Å²) in [6.45, 7) is 3.02. The Labute approximate surface area is 189 Å². The molecule has 1 heterocycles. The number of allylic oxidation sites excluding steroid dienone is 4. The summed E-state index contributed by atoms with van der Waals surface area (Å²) in [7, 11) is 1.70. The normalized spacial score (nSPS) is 15.8. The first kappa shape index (κ1) is 24.2. The third-order valence-electron chi connectivity index (χ3n) is 5.58. The SMILES string of the molecule is C/C(N)=C/C(=C\N)c1ccc(/C(C=N)=C/N)c(C#N)c1N1CCC(C(=N)N(C)C=N)CC1. The zero-order valence-corrected chi connectivity index (χ0v) is 18.5. The fourth-order valence-corrected chi connectivity index (χ4v) is 3.92. The van der Waals surface area contributed by atoms with E-state index in [-0.39, 0.29) is 5.92 Å². The van der Waals surface area contributed by atoms with Crippen LogP contribution in [0, 0.1) is 33.5 Å². The van der Waals surface area contributed by atoms with E-state index in [4.69, 9.17) is 33.4 Å². The smallest absolute Gasteiger partial charge is 0.104 e. The van der Waals surface area contributed by atoms with E-state index >= 15 is 0 Å². The molecule has 0 radical (unpaired) electrons. The molecular formula is C23H31N9. The first-order valence-corrected chi connectivity index (χ1v) is 10.3. The van der Waals surface area contributed by atoms with Gasteiger partial charge < -0.3 is 32.4 Å². The predicted octanol–water partition coefficient (Wildman–Crippen LogP) is 2.40. The van der Waals surface area contributed by atoms with Gasteiger partial charge in [0.1, 0.15) is 11.9 Å². The molecule has 168 valence electrons. The first-order valence-electron chi connectivity index (χ1n) is 10.3. The molecule has 0 amide bonds. The average Bonchev–Trinajstić information content (AvgIpc) is 2.81. The lowest BCUT2D eigenvalue weighted by Gasteiger charge is -2.37. The molecule has 0 atom stereocenters. The highest BCUT2D eigenvalue weighted by Crippen LogP contribution is 2.37. The van der Waals surface area contributed by atoms with Crippen LogP contribution in [-0.4, -0.2) is 43.4 Å². The van der Waals surface area contributed by atoms with Crippen molar-refractivity contribution in [1.82, 2.24) is 4.90 Å². The summed E-state index contributed by atoms with van der Waals surface area (Å²) in [4.78, 5) is 3.63. The Balaban J connectivity index is 2.60. The van der Waals surface area contributed by atoms with Gasteiger partial charge in [-0.05, 0) is 25.8 Å². The summed E-state index contributed by atoms with van der Waals surface area (Å²) >= 11 is 0. The predicted molar refractivity (Wildman–Crippen MR) is 131 cm³/mol. The van der Waals surface area contributed by atoms with Crippen LogP contribution in [0.1, 0.15) is 36.5 Å². The van der Waals surface area contributed by atoms with E-state index in [1.807, 2.05) is 6.07 Å². The molecule has 0 saturated carbocycles. The molecule has 2 rings (SSSR count). The van der Waals surface area contributed by atoms with E-state index in [9.17, 15) is 5.26 Å². The van der Waals surface area contributed by atoms with Crippen molar-refractivity contribution < 1.29 is 0 Å². The van der Waals surface area contributed by atoms with Gasteiger partial charge in [-0.1, -0.05) is 12.1 Å². The summed E-state index contributed by atoms with van der Waals surface area (Å²) in [5, 5.41) is 33.5. The standard InChI is InChI=1S/C23H31N9/c1-15(29)9-17(10-24)20-4-3-19(18(11-25)12-26)21(13-27)22(20)32-7-5-16(6-8-32)23(30)31(2)14-28/h3-4,9-12,14,16,25,28,30H,5-8,24,26,29H2,1-2H3/b15-9-,17-10+,18-12+,25-11?,28-14?,30-23?. The van der Waals surface area contributed by atoms with Crippen molar-refractivity contribution in [1.29, 1.82) is 21.5 Å². The Morgan fingerprint density at radius 2 is 1.75 bits per heavy atom. The lowest BCUT2D eigenvalue weighted by molar-refractivity contribution is 0.472. The number of nitrogens with two attached hydrogens (primary N) is 3. The van der Waals surface area contributed by atoms with Crippen LogP contribution in [0.4, 0.5) is 5.69 Å². The van der Waals surface area contributed by atoms with Crippen LogP contribution < -0.4 is 22.1 Å². The second kappa shape index (κ2) is 10.8. The monoisotopic (exact) mass is 433 g/mol. The topological polar surface area (TPSA) is 180 Å². The zero-order chi connectivity index (χ0) is 23.8. The maximum Gasteiger partial charge on any atom is 0.104 e. The quantitative estimate of drug-likeness (QED) is 0.218. The van der Waals surface area contributed by atoms with Gasteiger partial charge in [-0.2, -0.15) is 5.26 Å². The van der Waals surface area contributed by atoms with Crippen LogP contribution in [0.2, 0.25) is 0 Å². The number of anilines is 1. The second-order valence-electron chi connectivity index (χ2n) is 7.66. The van der Waals surface area contributed by atoms with Crippen LogP contribution >= 0.6 is 0 Å². The molecule has 1 aliphatic heterocycles. The number of nitrogens with one attached hydrogen (secondary N) is 3.